The average molecular weight is 432 g/mol. The minimum atomic E-state index is -0.503. The fraction of sp³-hybridized carbons (Fsp3) is 0.158. The first-order chi connectivity index (χ1) is 13.6. The zero-order valence-corrected chi connectivity index (χ0v) is 17.2. The lowest BCUT2D eigenvalue weighted by atomic mass is 10.2. The summed E-state index contributed by atoms with van der Waals surface area (Å²) in [5, 5.41) is 13.4. The molecular formula is C19H15Cl2N5OS. The van der Waals surface area contributed by atoms with E-state index in [1.165, 1.54) is 0 Å². The first kappa shape index (κ1) is 19.0. The van der Waals surface area contributed by atoms with E-state index in [9.17, 15) is 0 Å². The highest BCUT2D eigenvalue weighted by atomic mass is 35.5. The number of nitrogens with zero attached hydrogens (tertiary/aromatic N) is 5. The Morgan fingerprint density at radius 2 is 1.71 bits per heavy atom. The van der Waals surface area contributed by atoms with E-state index in [2.05, 4.69) is 33.0 Å². The Morgan fingerprint density at radius 3 is 2.39 bits per heavy atom. The van der Waals surface area contributed by atoms with Gasteiger partial charge in [0.15, 0.2) is 17.5 Å². The van der Waals surface area contributed by atoms with Gasteiger partial charge in [-0.2, -0.15) is 17.6 Å². The second-order valence-corrected chi connectivity index (χ2v) is 7.40. The molecule has 0 N–H and O–H groups in total. The standard InChI is InChI=1S/C19H15Cl2N5OS/c1-2-26-17(11-5-3-7-13(20)9-11)23-24-18(26)15(28)16-22-19(27-25-16)12-6-4-8-14(21)10-12/h3-10,15,28H,2H2,1H3. The smallest absolute Gasteiger partial charge is 0.258 e. The monoisotopic (exact) mass is 431 g/mol. The van der Waals surface area contributed by atoms with Crippen LogP contribution in [0.1, 0.15) is 23.8 Å². The van der Waals surface area contributed by atoms with Crippen LogP contribution in [0.5, 0.6) is 0 Å². The summed E-state index contributed by atoms with van der Waals surface area (Å²) in [5.41, 5.74) is 1.62. The molecule has 2 aromatic heterocycles. The van der Waals surface area contributed by atoms with E-state index in [4.69, 9.17) is 27.7 Å². The summed E-state index contributed by atoms with van der Waals surface area (Å²) in [6, 6.07) is 14.7. The molecule has 0 saturated carbocycles. The second-order valence-electron chi connectivity index (χ2n) is 6.01. The molecule has 0 fully saturated rings. The Balaban J connectivity index is 1.68. The van der Waals surface area contributed by atoms with Gasteiger partial charge in [0.05, 0.1) is 0 Å². The highest BCUT2D eigenvalue weighted by Gasteiger charge is 2.24. The van der Waals surface area contributed by atoms with Crippen molar-refractivity contribution >= 4 is 35.8 Å². The van der Waals surface area contributed by atoms with Crippen LogP contribution in [0.2, 0.25) is 10.0 Å². The van der Waals surface area contributed by atoms with Gasteiger partial charge in [-0.25, -0.2) is 0 Å². The number of benzene rings is 2. The molecule has 0 bridgehead atoms. The molecule has 28 heavy (non-hydrogen) atoms. The molecule has 1 unspecified atom stereocenters. The number of hydrogen-bond donors (Lipinski definition) is 1. The molecule has 0 aliphatic heterocycles. The summed E-state index contributed by atoms with van der Waals surface area (Å²) in [6.45, 7) is 2.66. The lowest BCUT2D eigenvalue weighted by Gasteiger charge is -2.10. The van der Waals surface area contributed by atoms with E-state index in [1.807, 2.05) is 47.9 Å². The minimum Gasteiger partial charge on any atom is -0.334 e. The fourth-order valence-electron chi connectivity index (χ4n) is 2.87. The van der Waals surface area contributed by atoms with Crippen LogP contribution in [0.4, 0.5) is 0 Å². The van der Waals surface area contributed by atoms with Gasteiger partial charge in [-0.15, -0.1) is 10.2 Å². The number of aromatic nitrogens is 5. The Bertz CT molecular complexity index is 1130. The Morgan fingerprint density at radius 1 is 1.04 bits per heavy atom. The van der Waals surface area contributed by atoms with E-state index >= 15 is 0 Å². The predicted molar refractivity (Wildman–Crippen MR) is 112 cm³/mol. The quantitative estimate of drug-likeness (QED) is 0.431. The maximum absolute atomic E-state index is 6.11. The van der Waals surface area contributed by atoms with Crippen LogP contribution < -0.4 is 0 Å². The molecule has 0 spiro atoms. The van der Waals surface area contributed by atoms with Crippen molar-refractivity contribution in [3.05, 3.63) is 70.2 Å². The van der Waals surface area contributed by atoms with Crippen LogP contribution >= 0.6 is 35.8 Å². The first-order valence-electron chi connectivity index (χ1n) is 8.53. The normalized spacial score (nSPS) is 12.3. The van der Waals surface area contributed by atoms with E-state index < -0.39 is 5.25 Å². The zero-order valence-electron chi connectivity index (χ0n) is 14.8. The average Bonchev–Trinajstić information content (AvgIpc) is 3.35. The van der Waals surface area contributed by atoms with Crippen molar-refractivity contribution in [3.63, 3.8) is 0 Å². The second kappa shape index (κ2) is 7.95. The fourth-order valence-corrected chi connectivity index (χ4v) is 3.55. The molecule has 4 aromatic rings. The van der Waals surface area contributed by atoms with Gasteiger partial charge in [-0.3, -0.25) is 0 Å². The molecule has 2 aromatic carbocycles. The molecule has 1 atom stereocenters. The third-order valence-electron chi connectivity index (χ3n) is 4.18. The molecular weight excluding hydrogens is 417 g/mol. The van der Waals surface area contributed by atoms with Gasteiger partial charge in [0.2, 0.25) is 0 Å². The Hall–Kier alpha value is -2.35. The van der Waals surface area contributed by atoms with Crippen LogP contribution in [0.15, 0.2) is 53.1 Å². The summed E-state index contributed by atoms with van der Waals surface area (Å²) in [5.74, 6) is 2.10. The first-order valence-corrected chi connectivity index (χ1v) is 9.80. The van der Waals surface area contributed by atoms with Gasteiger partial charge in [0.1, 0.15) is 5.25 Å². The van der Waals surface area contributed by atoms with Crippen molar-refractivity contribution in [2.75, 3.05) is 0 Å². The molecule has 6 nitrogen and oxygen atoms in total. The van der Waals surface area contributed by atoms with Crippen LogP contribution in [-0.4, -0.2) is 24.9 Å². The highest BCUT2D eigenvalue weighted by molar-refractivity contribution is 7.80. The highest BCUT2D eigenvalue weighted by Crippen LogP contribution is 2.31. The topological polar surface area (TPSA) is 69.6 Å². The number of thiol groups is 1. The lowest BCUT2D eigenvalue weighted by Crippen LogP contribution is -2.08. The van der Waals surface area contributed by atoms with E-state index in [1.54, 1.807) is 12.1 Å². The summed E-state index contributed by atoms with van der Waals surface area (Å²) in [4.78, 5) is 4.45. The molecule has 0 amide bonds. The van der Waals surface area contributed by atoms with E-state index in [0.717, 1.165) is 11.1 Å². The van der Waals surface area contributed by atoms with Crippen molar-refractivity contribution < 1.29 is 4.52 Å². The molecule has 2 heterocycles. The van der Waals surface area contributed by atoms with Gasteiger partial charge in [0.25, 0.3) is 5.89 Å². The number of halogens is 2. The van der Waals surface area contributed by atoms with E-state index in [-0.39, 0.29) is 0 Å². The van der Waals surface area contributed by atoms with Crippen molar-refractivity contribution in [2.45, 2.75) is 18.7 Å². The van der Waals surface area contributed by atoms with Crippen molar-refractivity contribution in [1.82, 2.24) is 24.9 Å². The Labute approximate surface area is 176 Å². The van der Waals surface area contributed by atoms with Crippen LogP contribution in [0.3, 0.4) is 0 Å². The zero-order chi connectivity index (χ0) is 19.7. The van der Waals surface area contributed by atoms with Gasteiger partial charge < -0.3 is 9.09 Å². The van der Waals surface area contributed by atoms with Crippen LogP contribution in [-0.2, 0) is 6.54 Å². The summed E-state index contributed by atoms with van der Waals surface area (Å²) < 4.78 is 7.34. The van der Waals surface area contributed by atoms with Crippen LogP contribution in [0, 0.1) is 0 Å². The van der Waals surface area contributed by atoms with Crippen LogP contribution in [0.25, 0.3) is 22.8 Å². The van der Waals surface area contributed by atoms with Crippen molar-refractivity contribution in [1.29, 1.82) is 0 Å². The molecule has 0 aliphatic rings. The summed E-state index contributed by atoms with van der Waals surface area (Å²) in [7, 11) is 0. The lowest BCUT2D eigenvalue weighted by molar-refractivity contribution is 0.422. The predicted octanol–water partition coefficient (Wildman–Crippen LogP) is 5.34. The molecule has 4 rings (SSSR count). The third kappa shape index (κ3) is 3.65. The van der Waals surface area contributed by atoms with Gasteiger partial charge in [0, 0.05) is 27.7 Å². The van der Waals surface area contributed by atoms with Gasteiger partial charge in [-0.1, -0.05) is 46.6 Å². The maximum atomic E-state index is 6.11. The summed E-state index contributed by atoms with van der Waals surface area (Å²) >= 11 is 16.8. The number of hydrogen-bond acceptors (Lipinski definition) is 6. The maximum Gasteiger partial charge on any atom is 0.258 e. The molecule has 0 radical (unpaired) electrons. The molecule has 9 heteroatoms. The van der Waals surface area contributed by atoms with Gasteiger partial charge >= 0.3 is 0 Å². The van der Waals surface area contributed by atoms with Crippen molar-refractivity contribution in [3.8, 4) is 22.8 Å². The largest absolute Gasteiger partial charge is 0.334 e. The molecule has 142 valence electrons. The molecule has 0 aliphatic carbocycles. The van der Waals surface area contributed by atoms with Gasteiger partial charge in [-0.05, 0) is 37.3 Å². The number of rotatable bonds is 5. The Kier molecular flexibility index (Phi) is 5.39. The molecule has 0 saturated heterocycles. The minimum absolute atomic E-state index is 0.370. The van der Waals surface area contributed by atoms with Crippen molar-refractivity contribution in [2.24, 2.45) is 0 Å². The third-order valence-corrected chi connectivity index (χ3v) is 5.11. The van der Waals surface area contributed by atoms with E-state index in [0.29, 0.717) is 40.0 Å². The SMILES string of the molecule is CCn1c(-c2cccc(Cl)c2)nnc1C(S)c1noc(-c2cccc(Cl)c2)n1. The summed E-state index contributed by atoms with van der Waals surface area (Å²) in [6.07, 6.45) is 0.